The van der Waals surface area contributed by atoms with Gasteiger partial charge in [-0.05, 0) is 37.1 Å². The van der Waals surface area contributed by atoms with Crippen LogP contribution < -0.4 is 4.74 Å². The number of ether oxygens (including phenoxy) is 1. The lowest BCUT2D eigenvalue weighted by Gasteiger charge is -2.06. The van der Waals surface area contributed by atoms with E-state index >= 15 is 0 Å². The van der Waals surface area contributed by atoms with Crippen LogP contribution in [0.25, 0.3) is 0 Å². The quantitative estimate of drug-likeness (QED) is 0.832. The fraction of sp³-hybridized carbons (Fsp3) is 0.231. The van der Waals surface area contributed by atoms with Crippen LogP contribution in [0.15, 0.2) is 23.6 Å². The van der Waals surface area contributed by atoms with Gasteiger partial charge in [-0.25, -0.2) is 4.98 Å². The predicted molar refractivity (Wildman–Crippen MR) is 67.1 cm³/mol. The highest BCUT2D eigenvalue weighted by Crippen LogP contribution is 2.18. The lowest BCUT2D eigenvalue weighted by Crippen LogP contribution is -1.95. The molecule has 0 fully saturated rings. The molecule has 0 amide bonds. The summed E-state index contributed by atoms with van der Waals surface area (Å²) >= 11 is 1.44. The maximum Gasteiger partial charge on any atom is 0.151 e. The molecule has 0 radical (unpaired) electrons. The van der Waals surface area contributed by atoms with Gasteiger partial charge in [0, 0.05) is 5.38 Å². The van der Waals surface area contributed by atoms with E-state index in [2.05, 4.69) is 11.1 Å². The first-order chi connectivity index (χ1) is 8.17. The van der Waals surface area contributed by atoms with Crippen LogP contribution in [0, 0.1) is 25.2 Å². The van der Waals surface area contributed by atoms with Gasteiger partial charge in [0.1, 0.15) is 23.4 Å². The van der Waals surface area contributed by atoms with Gasteiger partial charge < -0.3 is 4.74 Å². The van der Waals surface area contributed by atoms with Gasteiger partial charge in [-0.15, -0.1) is 11.3 Å². The number of rotatable bonds is 3. The van der Waals surface area contributed by atoms with Gasteiger partial charge in [-0.3, -0.25) is 0 Å². The lowest BCUT2D eigenvalue weighted by molar-refractivity contribution is 0.305. The van der Waals surface area contributed by atoms with Gasteiger partial charge in [0.15, 0.2) is 5.69 Å². The molecule has 2 rings (SSSR count). The summed E-state index contributed by atoms with van der Waals surface area (Å²) in [5.41, 5.74) is 2.81. The Kier molecular flexibility index (Phi) is 3.40. The summed E-state index contributed by atoms with van der Waals surface area (Å²) < 4.78 is 5.65. The third-order valence-corrected chi connectivity index (χ3v) is 3.05. The summed E-state index contributed by atoms with van der Waals surface area (Å²) in [5, 5.41) is 11.2. The average Bonchev–Trinajstić information content (AvgIpc) is 2.73. The Morgan fingerprint density at radius 1 is 1.29 bits per heavy atom. The van der Waals surface area contributed by atoms with E-state index in [1.807, 2.05) is 32.0 Å². The zero-order valence-corrected chi connectivity index (χ0v) is 10.5. The highest BCUT2D eigenvalue weighted by molar-refractivity contribution is 7.09. The van der Waals surface area contributed by atoms with Crippen LogP contribution in [-0.4, -0.2) is 4.98 Å². The number of thiazole rings is 1. The number of hydrogen-bond donors (Lipinski definition) is 0. The standard InChI is InChI=1S/C13H12N2OS/c1-9-3-10(2)5-12(4-9)16-7-13-15-11(6-14)8-17-13/h3-5,8H,7H2,1-2H3. The van der Waals surface area contributed by atoms with E-state index in [0.29, 0.717) is 12.3 Å². The van der Waals surface area contributed by atoms with Crippen molar-refractivity contribution in [2.75, 3.05) is 0 Å². The zero-order valence-electron chi connectivity index (χ0n) is 9.73. The highest BCUT2D eigenvalue weighted by atomic mass is 32.1. The summed E-state index contributed by atoms with van der Waals surface area (Å²) in [6.07, 6.45) is 0. The molecule has 4 heteroatoms. The summed E-state index contributed by atoms with van der Waals surface area (Å²) in [4.78, 5) is 4.12. The van der Waals surface area contributed by atoms with Crippen LogP contribution in [-0.2, 0) is 6.61 Å². The van der Waals surface area contributed by atoms with E-state index in [9.17, 15) is 0 Å². The van der Waals surface area contributed by atoms with Crippen molar-refractivity contribution in [2.24, 2.45) is 0 Å². The second-order valence-corrected chi connectivity index (χ2v) is 4.79. The van der Waals surface area contributed by atoms with Crippen LogP contribution in [0.4, 0.5) is 0 Å². The Balaban J connectivity index is 2.04. The summed E-state index contributed by atoms with van der Waals surface area (Å²) in [5.74, 6) is 0.844. The molecule has 3 nitrogen and oxygen atoms in total. The Morgan fingerprint density at radius 2 is 2.00 bits per heavy atom. The number of benzene rings is 1. The Hall–Kier alpha value is -1.86. The van der Waals surface area contributed by atoms with E-state index < -0.39 is 0 Å². The zero-order chi connectivity index (χ0) is 12.3. The topological polar surface area (TPSA) is 45.9 Å². The van der Waals surface area contributed by atoms with E-state index in [1.54, 1.807) is 5.38 Å². The minimum atomic E-state index is 0.412. The van der Waals surface area contributed by atoms with Crippen molar-refractivity contribution in [3.8, 4) is 11.8 Å². The second kappa shape index (κ2) is 4.98. The first kappa shape index (κ1) is 11.6. The number of hydrogen-bond acceptors (Lipinski definition) is 4. The largest absolute Gasteiger partial charge is 0.486 e. The van der Waals surface area contributed by atoms with Crippen LogP contribution >= 0.6 is 11.3 Å². The summed E-state index contributed by atoms with van der Waals surface area (Å²) in [7, 11) is 0. The fourth-order valence-corrected chi connectivity index (χ4v) is 2.22. The van der Waals surface area contributed by atoms with Crippen molar-refractivity contribution in [3.63, 3.8) is 0 Å². The van der Waals surface area contributed by atoms with Gasteiger partial charge in [-0.2, -0.15) is 5.26 Å². The van der Waals surface area contributed by atoms with E-state index in [1.165, 1.54) is 22.5 Å². The molecule has 0 aliphatic carbocycles. The molecule has 0 unspecified atom stereocenters. The highest BCUT2D eigenvalue weighted by Gasteiger charge is 2.03. The molecular formula is C13H12N2OS. The average molecular weight is 244 g/mol. The molecule has 2 aromatic rings. The molecule has 1 aromatic carbocycles. The second-order valence-electron chi connectivity index (χ2n) is 3.85. The first-order valence-electron chi connectivity index (χ1n) is 5.23. The van der Waals surface area contributed by atoms with Crippen LogP contribution in [0.1, 0.15) is 21.8 Å². The third kappa shape index (κ3) is 3.05. The molecule has 0 aliphatic rings. The Morgan fingerprint density at radius 3 is 2.59 bits per heavy atom. The molecule has 0 N–H and O–H groups in total. The minimum absolute atomic E-state index is 0.412. The molecule has 17 heavy (non-hydrogen) atoms. The minimum Gasteiger partial charge on any atom is -0.486 e. The number of aryl methyl sites for hydroxylation is 2. The van der Waals surface area contributed by atoms with Crippen molar-refractivity contribution in [3.05, 3.63) is 45.4 Å². The van der Waals surface area contributed by atoms with Gasteiger partial charge in [0.05, 0.1) is 0 Å². The Bertz CT molecular complexity index is 549. The number of nitriles is 1. The molecule has 0 aliphatic heterocycles. The van der Waals surface area contributed by atoms with Gasteiger partial charge in [0.2, 0.25) is 0 Å². The fourth-order valence-electron chi connectivity index (χ4n) is 1.59. The molecule has 0 atom stereocenters. The molecule has 0 saturated carbocycles. The third-order valence-electron chi connectivity index (χ3n) is 2.22. The molecule has 0 spiro atoms. The predicted octanol–water partition coefficient (Wildman–Crippen LogP) is 3.21. The molecule has 86 valence electrons. The van der Waals surface area contributed by atoms with Gasteiger partial charge in [0.25, 0.3) is 0 Å². The van der Waals surface area contributed by atoms with Crippen molar-refractivity contribution in [2.45, 2.75) is 20.5 Å². The number of aromatic nitrogens is 1. The van der Waals surface area contributed by atoms with Crippen molar-refractivity contribution >= 4 is 11.3 Å². The van der Waals surface area contributed by atoms with E-state index in [-0.39, 0.29) is 0 Å². The Labute approximate surface area is 104 Å². The lowest BCUT2D eigenvalue weighted by atomic mass is 10.1. The maximum atomic E-state index is 8.66. The smallest absolute Gasteiger partial charge is 0.151 e. The summed E-state index contributed by atoms with van der Waals surface area (Å²) in [6.45, 7) is 4.49. The van der Waals surface area contributed by atoms with Crippen molar-refractivity contribution in [1.82, 2.24) is 4.98 Å². The van der Waals surface area contributed by atoms with E-state index in [4.69, 9.17) is 10.00 Å². The normalized spacial score (nSPS) is 9.94. The molecular weight excluding hydrogens is 232 g/mol. The van der Waals surface area contributed by atoms with Crippen LogP contribution in [0.5, 0.6) is 5.75 Å². The first-order valence-corrected chi connectivity index (χ1v) is 6.11. The molecule has 1 aromatic heterocycles. The van der Waals surface area contributed by atoms with Gasteiger partial charge in [-0.1, -0.05) is 6.07 Å². The molecule has 1 heterocycles. The molecule has 0 bridgehead atoms. The van der Waals surface area contributed by atoms with Crippen LogP contribution in [0.3, 0.4) is 0 Å². The van der Waals surface area contributed by atoms with Gasteiger partial charge >= 0.3 is 0 Å². The van der Waals surface area contributed by atoms with Crippen molar-refractivity contribution in [1.29, 1.82) is 5.26 Å². The summed E-state index contributed by atoms with van der Waals surface area (Å²) in [6, 6.07) is 8.09. The SMILES string of the molecule is Cc1cc(C)cc(OCc2nc(C#N)cs2)c1. The monoisotopic (exact) mass is 244 g/mol. The van der Waals surface area contributed by atoms with Crippen LogP contribution in [0.2, 0.25) is 0 Å². The number of nitrogens with zero attached hydrogens (tertiary/aromatic N) is 2. The maximum absolute atomic E-state index is 8.66. The van der Waals surface area contributed by atoms with E-state index in [0.717, 1.165) is 10.8 Å². The molecule has 0 saturated heterocycles. The van der Waals surface area contributed by atoms with Crippen molar-refractivity contribution < 1.29 is 4.74 Å².